The Kier molecular flexibility index (Phi) is 5.72. The highest BCUT2D eigenvalue weighted by atomic mass is 16.2. The van der Waals surface area contributed by atoms with Crippen LogP contribution in [-0.4, -0.2) is 50.6 Å². The summed E-state index contributed by atoms with van der Waals surface area (Å²) in [5, 5.41) is 0. The minimum atomic E-state index is -0.890. The zero-order valence-corrected chi connectivity index (χ0v) is 17.2. The lowest BCUT2D eigenvalue weighted by Crippen LogP contribution is -2.41. The lowest BCUT2D eigenvalue weighted by atomic mass is 10.1. The fourth-order valence-corrected chi connectivity index (χ4v) is 4.19. The molecular weight excluding hydrogens is 358 g/mol. The molecule has 4 amide bonds. The van der Waals surface area contributed by atoms with Crippen LogP contribution in [0.25, 0.3) is 0 Å². The summed E-state index contributed by atoms with van der Waals surface area (Å²) in [5.41, 5.74) is 2.32. The van der Waals surface area contributed by atoms with Gasteiger partial charge in [0.25, 0.3) is 0 Å². The summed E-state index contributed by atoms with van der Waals surface area (Å²) >= 11 is 0. The largest absolute Gasteiger partial charge is 0.348 e. The second kappa shape index (κ2) is 7.89. The minimum Gasteiger partial charge on any atom is -0.348 e. The topological polar surface area (TPSA) is 79.7 Å². The van der Waals surface area contributed by atoms with E-state index in [1.54, 1.807) is 6.07 Å². The van der Waals surface area contributed by atoms with E-state index in [0.717, 1.165) is 59.8 Å². The van der Waals surface area contributed by atoms with E-state index in [1.807, 2.05) is 13.8 Å². The summed E-state index contributed by atoms with van der Waals surface area (Å²) in [4.78, 5) is 52.0. The van der Waals surface area contributed by atoms with Crippen molar-refractivity contribution in [3.63, 3.8) is 0 Å². The monoisotopic (exact) mass is 387 g/mol. The van der Waals surface area contributed by atoms with Gasteiger partial charge in [-0.1, -0.05) is 26.7 Å². The molecule has 0 radical (unpaired) electrons. The van der Waals surface area contributed by atoms with Crippen molar-refractivity contribution in [3.8, 4) is 0 Å². The zero-order chi connectivity index (χ0) is 20.6. The van der Waals surface area contributed by atoms with Gasteiger partial charge in [0.2, 0.25) is 0 Å². The molecule has 0 bridgehead atoms. The van der Waals surface area contributed by atoms with Gasteiger partial charge in [-0.3, -0.25) is 19.3 Å². The average Bonchev–Trinajstić information content (AvgIpc) is 3.30. The van der Waals surface area contributed by atoms with E-state index in [-0.39, 0.29) is 18.4 Å². The number of imide groups is 2. The molecule has 152 valence electrons. The molecule has 2 fully saturated rings. The van der Waals surface area contributed by atoms with Gasteiger partial charge in [0, 0.05) is 29.5 Å². The first-order chi connectivity index (χ1) is 13.2. The van der Waals surface area contributed by atoms with Gasteiger partial charge in [-0.15, -0.1) is 0 Å². The Bertz CT molecular complexity index is 818. The van der Waals surface area contributed by atoms with Crippen LogP contribution in [0, 0.1) is 19.8 Å². The Hall–Kier alpha value is -2.44. The van der Waals surface area contributed by atoms with Gasteiger partial charge in [-0.25, -0.2) is 9.69 Å². The first-order valence-electron chi connectivity index (χ1n) is 10.1. The fourth-order valence-electron chi connectivity index (χ4n) is 4.19. The smallest absolute Gasteiger partial charge is 0.334 e. The van der Waals surface area contributed by atoms with Crippen molar-refractivity contribution in [3.05, 3.63) is 23.0 Å². The highest BCUT2D eigenvalue weighted by Crippen LogP contribution is 2.28. The maximum atomic E-state index is 12.9. The highest BCUT2D eigenvalue weighted by Gasteiger charge is 2.48. The van der Waals surface area contributed by atoms with Crippen molar-refractivity contribution < 1.29 is 19.2 Å². The van der Waals surface area contributed by atoms with Crippen molar-refractivity contribution in [1.82, 2.24) is 14.4 Å². The number of ketones is 1. The van der Waals surface area contributed by atoms with Crippen molar-refractivity contribution in [2.45, 2.75) is 72.4 Å². The van der Waals surface area contributed by atoms with Crippen LogP contribution in [0.1, 0.15) is 67.7 Å². The molecule has 1 aliphatic heterocycles. The fraction of sp³-hybridized carbons (Fsp3) is 0.619. The molecule has 1 aromatic rings. The molecule has 7 nitrogen and oxygen atoms in total. The molecule has 1 saturated carbocycles. The summed E-state index contributed by atoms with van der Waals surface area (Å²) in [6.45, 7) is 8.56. The van der Waals surface area contributed by atoms with E-state index >= 15 is 0 Å². The second-order valence-corrected chi connectivity index (χ2v) is 8.33. The summed E-state index contributed by atoms with van der Waals surface area (Å²) in [6, 6.07) is 0.938. The van der Waals surface area contributed by atoms with Crippen LogP contribution in [0.3, 0.4) is 0 Å². The summed E-state index contributed by atoms with van der Waals surface area (Å²) < 4.78 is 2.09. The van der Waals surface area contributed by atoms with Gasteiger partial charge in [0.15, 0.2) is 5.78 Å². The number of Topliss-reactive ketones (excluding diaryl/α,β-unsaturated/α-hetero) is 1. The van der Waals surface area contributed by atoms with Crippen molar-refractivity contribution in [1.29, 1.82) is 0 Å². The lowest BCUT2D eigenvalue weighted by Gasteiger charge is -2.20. The number of nitrogens with zero attached hydrogens (tertiary/aromatic N) is 3. The number of urea groups is 1. The van der Waals surface area contributed by atoms with Gasteiger partial charge in [0.05, 0.1) is 6.54 Å². The van der Waals surface area contributed by atoms with Crippen molar-refractivity contribution in [2.75, 3.05) is 6.54 Å². The van der Waals surface area contributed by atoms with E-state index < -0.39 is 17.8 Å². The van der Waals surface area contributed by atoms with Gasteiger partial charge >= 0.3 is 17.8 Å². The molecule has 1 saturated heterocycles. The normalized spacial score (nSPS) is 18.2. The van der Waals surface area contributed by atoms with E-state index in [2.05, 4.69) is 18.4 Å². The predicted octanol–water partition coefficient (Wildman–Crippen LogP) is 3.07. The Morgan fingerprint density at radius 2 is 1.75 bits per heavy atom. The Balaban J connectivity index is 1.76. The lowest BCUT2D eigenvalue weighted by molar-refractivity contribution is -0.143. The molecule has 0 aromatic carbocycles. The third kappa shape index (κ3) is 3.62. The molecule has 0 atom stereocenters. The number of carbonyl (C=O) groups excluding carboxylic acids is 4. The molecule has 7 heteroatoms. The third-order valence-corrected chi connectivity index (χ3v) is 5.88. The SMILES string of the molecule is Cc1cc(C(=O)CN2C(=O)C(=O)N(C3CCCC3)C2=O)c(C)n1CCC(C)C. The van der Waals surface area contributed by atoms with E-state index in [4.69, 9.17) is 0 Å². The number of hydrogen-bond acceptors (Lipinski definition) is 4. The molecule has 3 rings (SSSR count). The van der Waals surface area contributed by atoms with Crippen LogP contribution < -0.4 is 0 Å². The zero-order valence-electron chi connectivity index (χ0n) is 17.2. The summed E-state index contributed by atoms with van der Waals surface area (Å²) in [6.07, 6.45) is 4.33. The van der Waals surface area contributed by atoms with Crippen LogP contribution in [-0.2, 0) is 16.1 Å². The summed E-state index contributed by atoms with van der Waals surface area (Å²) in [5.74, 6) is -1.45. The number of rotatable bonds is 7. The highest BCUT2D eigenvalue weighted by molar-refractivity contribution is 6.45. The maximum Gasteiger partial charge on any atom is 0.334 e. The molecular formula is C21H29N3O4. The molecule has 1 aliphatic carbocycles. The van der Waals surface area contributed by atoms with Crippen LogP contribution in [0.2, 0.25) is 0 Å². The summed E-state index contributed by atoms with van der Waals surface area (Å²) in [7, 11) is 0. The average molecular weight is 387 g/mol. The third-order valence-electron chi connectivity index (χ3n) is 5.88. The minimum absolute atomic E-state index is 0.217. The number of carbonyl (C=O) groups is 4. The Morgan fingerprint density at radius 3 is 2.36 bits per heavy atom. The molecule has 0 unspecified atom stereocenters. The number of hydrogen-bond donors (Lipinski definition) is 0. The van der Waals surface area contributed by atoms with Crippen molar-refractivity contribution in [2.24, 2.45) is 5.92 Å². The van der Waals surface area contributed by atoms with E-state index in [0.29, 0.717) is 11.5 Å². The first kappa shape index (κ1) is 20.3. The molecule has 0 N–H and O–H groups in total. The molecule has 28 heavy (non-hydrogen) atoms. The van der Waals surface area contributed by atoms with Gasteiger partial charge in [-0.2, -0.15) is 0 Å². The predicted molar refractivity (Wildman–Crippen MR) is 104 cm³/mol. The van der Waals surface area contributed by atoms with Crippen LogP contribution in [0.15, 0.2) is 6.07 Å². The van der Waals surface area contributed by atoms with Crippen LogP contribution in [0.5, 0.6) is 0 Å². The van der Waals surface area contributed by atoms with Gasteiger partial charge in [-0.05, 0) is 45.1 Å². The Morgan fingerprint density at radius 1 is 1.11 bits per heavy atom. The Labute approximate surface area is 165 Å². The van der Waals surface area contributed by atoms with E-state index in [9.17, 15) is 19.2 Å². The number of amides is 4. The maximum absolute atomic E-state index is 12.9. The molecule has 2 heterocycles. The quantitative estimate of drug-likeness (QED) is 0.409. The molecule has 0 spiro atoms. The number of aromatic nitrogens is 1. The van der Waals surface area contributed by atoms with Crippen LogP contribution in [0.4, 0.5) is 4.79 Å². The van der Waals surface area contributed by atoms with Gasteiger partial charge in [0.1, 0.15) is 0 Å². The molecule has 2 aliphatic rings. The van der Waals surface area contributed by atoms with Gasteiger partial charge < -0.3 is 4.57 Å². The van der Waals surface area contributed by atoms with Crippen LogP contribution >= 0.6 is 0 Å². The number of aryl methyl sites for hydroxylation is 1. The second-order valence-electron chi connectivity index (χ2n) is 8.33. The molecule has 1 aromatic heterocycles. The van der Waals surface area contributed by atoms with E-state index in [1.165, 1.54) is 0 Å². The van der Waals surface area contributed by atoms with Crippen molar-refractivity contribution >= 4 is 23.6 Å². The first-order valence-corrected chi connectivity index (χ1v) is 10.1. The standard InChI is InChI=1S/C21H29N3O4/c1-13(2)9-10-22-14(3)11-17(15(22)4)18(25)12-23-19(26)20(27)24(21(23)28)16-7-5-6-8-16/h11,13,16H,5-10,12H2,1-4H3.